The summed E-state index contributed by atoms with van der Waals surface area (Å²) in [5.74, 6) is 0.302. The summed E-state index contributed by atoms with van der Waals surface area (Å²) in [6.45, 7) is 4.66. The van der Waals surface area contributed by atoms with Gasteiger partial charge in [-0.3, -0.25) is 19.6 Å². The molecule has 1 aromatic heterocycles. The van der Waals surface area contributed by atoms with Crippen molar-refractivity contribution in [1.29, 1.82) is 0 Å². The molecule has 1 unspecified atom stereocenters. The van der Waals surface area contributed by atoms with E-state index in [1.165, 1.54) is 5.56 Å². The molecular formula is C22H28N4O3S. The number of sulfone groups is 1. The van der Waals surface area contributed by atoms with Crippen molar-refractivity contribution >= 4 is 15.7 Å². The van der Waals surface area contributed by atoms with Crippen LogP contribution < -0.4 is 0 Å². The number of hydrogen-bond donors (Lipinski definition) is 0. The highest BCUT2D eigenvalue weighted by atomic mass is 32.2. The largest absolute Gasteiger partial charge is 0.338 e. The van der Waals surface area contributed by atoms with Crippen LogP contribution in [0.5, 0.6) is 0 Å². The molecule has 0 bridgehead atoms. The van der Waals surface area contributed by atoms with E-state index in [1.54, 1.807) is 12.4 Å². The molecule has 0 spiro atoms. The van der Waals surface area contributed by atoms with E-state index in [0.717, 1.165) is 25.2 Å². The number of hydrogen-bond acceptors (Lipinski definition) is 6. The van der Waals surface area contributed by atoms with Gasteiger partial charge in [-0.05, 0) is 23.3 Å². The molecule has 2 aliphatic rings. The van der Waals surface area contributed by atoms with Crippen LogP contribution in [0.15, 0.2) is 54.9 Å². The molecule has 3 heterocycles. The van der Waals surface area contributed by atoms with Crippen molar-refractivity contribution in [2.45, 2.75) is 12.6 Å². The quantitative estimate of drug-likeness (QED) is 0.713. The predicted octanol–water partition coefficient (Wildman–Crippen LogP) is 1.20. The smallest absolute Gasteiger partial charge is 0.244 e. The summed E-state index contributed by atoms with van der Waals surface area (Å²) in [4.78, 5) is 23.9. The minimum absolute atomic E-state index is 0.0732. The van der Waals surface area contributed by atoms with Crippen LogP contribution >= 0.6 is 0 Å². The van der Waals surface area contributed by atoms with E-state index in [4.69, 9.17) is 0 Å². The van der Waals surface area contributed by atoms with Crippen molar-refractivity contribution in [3.8, 4) is 0 Å². The molecule has 8 heteroatoms. The number of rotatable bonds is 5. The Morgan fingerprint density at radius 2 is 1.53 bits per heavy atom. The Bertz CT molecular complexity index is 931. The molecule has 0 N–H and O–H groups in total. The average molecular weight is 429 g/mol. The van der Waals surface area contributed by atoms with Crippen molar-refractivity contribution < 1.29 is 13.2 Å². The lowest BCUT2D eigenvalue weighted by molar-refractivity contribution is -0.139. The van der Waals surface area contributed by atoms with Gasteiger partial charge in [-0.25, -0.2) is 8.42 Å². The lowest BCUT2D eigenvalue weighted by Crippen LogP contribution is -2.53. The summed E-state index contributed by atoms with van der Waals surface area (Å²) in [7, 11) is -3.00. The first-order valence-electron chi connectivity index (χ1n) is 10.4. The number of aromatic nitrogens is 1. The topological polar surface area (TPSA) is 73.8 Å². The monoisotopic (exact) mass is 428 g/mol. The molecule has 2 fully saturated rings. The summed E-state index contributed by atoms with van der Waals surface area (Å²) in [6.07, 6.45) is 3.61. The predicted molar refractivity (Wildman–Crippen MR) is 116 cm³/mol. The Hall–Kier alpha value is -2.29. The van der Waals surface area contributed by atoms with Crippen LogP contribution in [0.1, 0.15) is 17.2 Å². The van der Waals surface area contributed by atoms with E-state index < -0.39 is 15.9 Å². The molecule has 160 valence electrons. The molecule has 30 heavy (non-hydrogen) atoms. The van der Waals surface area contributed by atoms with Gasteiger partial charge in [0.2, 0.25) is 5.91 Å². The van der Waals surface area contributed by atoms with E-state index in [2.05, 4.69) is 9.88 Å². The first kappa shape index (κ1) is 21.0. The van der Waals surface area contributed by atoms with Crippen LogP contribution in [0, 0.1) is 0 Å². The SMILES string of the molecule is O=C(C(c1ccccc1)N1CCS(=O)(=O)CC1)N1CCN(Cc2ccncc2)CC1. The van der Waals surface area contributed by atoms with E-state index in [9.17, 15) is 13.2 Å². The Morgan fingerprint density at radius 1 is 0.900 bits per heavy atom. The molecule has 0 aliphatic carbocycles. The van der Waals surface area contributed by atoms with Gasteiger partial charge in [0.1, 0.15) is 6.04 Å². The first-order valence-corrected chi connectivity index (χ1v) is 12.2. The Balaban J connectivity index is 1.43. The Labute approximate surface area is 178 Å². The van der Waals surface area contributed by atoms with Crippen LogP contribution in [0.2, 0.25) is 0 Å². The van der Waals surface area contributed by atoms with Crippen LogP contribution in [-0.2, 0) is 21.2 Å². The van der Waals surface area contributed by atoms with Crippen molar-refractivity contribution in [2.75, 3.05) is 50.8 Å². The fraction of sp³-hybridized carbons (Fsp3) is 0.455. The average Bonchev–Trinajstić information content (AvgIpc) is 2.77. The number of amides is 1. The molecular weight excluding hydrogens is 400 g/mol. The maximum atomic E-state index is 13.5. The van der Waals surface area contributed by atoms with Gasteiger partial charge in [0.05, 0.1) is 11.5 Å². The molecule has 2 aromatic rings. The third-order valence-electron chi connectivity index (χ3n) is 5.93. The Morgan fingerprint density at radius 3 is 2.17 bits per heavy atom. The second-order valence-corrected chi connectivity index (χ2v) is 10.3. The van der Waals surface area contributed by atoms with E-state index in [-0.39, 0.29) is 17.4 Å². The van der Waals surface area contributed by atoms with Gasteiger partial charge in [0.25, 0.3) is 0 Å². The second kappa shape index (κ2) is 9.24. The van der Waals surface area contributed by atoms with Gasteiger partial charge in [0, 0.05) is 58.2 Å². The highest BCUT2D eigenvalue weighted by Crippen LogP contribution is 2.26. The molecule has 0 saturated carbocycles. The van der Waals surface area contributed by atoms with Crippen LogP contribution in [-0.4, -0.2) is 84.8 Å². The highest BCUT2D eigenvalue weighted by molar-refractivity contribution is 7.91. The fourth-order valence-corrected chi connectivity index (χ4v) is 5.40. The van der Waals surface area contributed by atoms with E-state index in [0.29, 0.717) is 26.2 Å². The lowest BCUT2D eigenvalue weighted by Gasteiger charge is -2.40. The van der Waals surface area contributed by atoms with Gasteiger partial charge >= 0.3 is 0 Å². The zero-order chi connectivity index (χ0) is 21.0. The molecule has 1 aromatic carbocycles. The standard InChI is InChI=1S/C22H28N4O3S/c27-22(26-12-10-24(11-13-26)18-19-6-8-23-9-7-19)21(20-4-2-1-3-5-20)25-14-16-30(28,29)17-15-25/h1-9,21H,10-18H2. The number of carbonyl (C=O) groups is 1. The first-order chi connectivity index (χ1) is 14.5. The Kier molecular flexibility index (Phi) is 6.46. The maximum Gasteiger partial charge on any atom is 0.244 e. The van der Waals surface area contributed by atoms with E-state index >= 15 is 0 Å². The van der Waals surface area contributed by atoms with E-state index in [1.807, 2.05) is 52.3 Å². The number of benzene rings is 1. The maximum absolute atomic E-state index is 13.5. The number of pyridine rings is 1. The third-order valence-corrected chi connectivity index (χ3v) is 7.54. The number of carbonyl (C=O) groups excluding carboxylic acids is 1. The molecule has 1 amide bonds. The summed E-state index contributed by atoms with van der Waals surface area (Å²) in [6, 6.07) is 13.3. The fourth-order valence-electron chi connectivity index (χ4n) is 4.18. The van der Waals surface area contributed by atoms with Crippen molar-refractivity contribution in [1.82, 2.24) is 19.7 Å². The second-order valence-electron chi connectivity index (χ2n) is 7.96. The summed E-state index contributed by atoms with van der Waals surface area (Å²) in [5, 5.41) is 0. The van der Waals surface area contributed by atoms with Gasteiger partial charge in [-0.2, -0.15) is 0 Å². The molecule has 4 rings (SSSR count). The van der Waals surface area contributed by atoms with Crippen LogP contribution in [0.25, 0.3) is 0 Å². The highest BCUT2D eigenvalue weighted by Gasteiger charge is 2.35. The minimum atomic E-state index is -3.00. The van der Waals surface area contributed by atoms with Gasteiger partial charge in [0.15, 0.2) is 9.84 Å². The molecule has 7 nitrogen and oxygen atoms in total. The number of piperazine rings is 1. The van der Waals surface area contributed by atoms with Crippen molar-refractivity contribution in [2.24, 2.45) is 0 Å². The summed E-state index contributed by atoms with van der Waals surface area (Å²) in [5.41, 5.74) is 2.16. The molecule has 1 atom stereocenters. The van der Waals surface area contributed by atoms with Gasteiger partial charge in [-0.1, -0.05) is 30.3 Å². The van der Waals surface area contributed by atoms with Gasteiger partial charge in [-0.15, -0.1) is 0 Å². The zero-order valence-corrected chi connectivity index (χ0v) is 17.9. The van der Waals surface area contributed by atoms with Crippen LogP contribution in [0.3, 0.4) is 0 Å². The van der Waals surface area contributed by atoms with Crippen molar-refractivity contribution in [3.63, 3.8) is 0 Å². The summed E-state index contributed by atoms with van der Waals surface area (Å²) < 4.78 is 23.8. The minimum Gasteiger partial charge on any atom is -0.338 e. The van der Waals surface area contributed by atoms with Gasteiger partial charge < -0.3 is 4.90 Å². The summed E-state index contributed by atoms with van der Waals surface area (Å²) >= 11 is 0. The zero-order valence-electron chi connectivity index (χ0n) is 17.1. The number of nitrogens with zero attached hydrogens (tertiary/aromatic N) is 4. The normalized spacial score (nSPS) is 21.3. The lowest BCUT2D eigenvalue weighted by atomic mass is 10.0. The molecule has 2 saturated heterocycles. The third kappa shape index (κ3) is 5.06. The molecule has 2 aliphatic heterocycles. The van der Waals surface area contributed by atoms with Crippen LogP contribution in [0.4, 0.5) is 0 Å². The molecule has 0 radical (unpaired) electrons. The van der Waals surface area contributed by atoms with Crippen molar-refractivity contribution in [3.05, 3.63) is 66.0 Å².